The Morgan fingerprint density at radius 1 is 0.783 bits per heavy atom. The first-order valence-corrected chi connectivity index (χ1v) is 14.5. The van der Waals surface area contributed by atoms with Crippen LogP contribution in [0.15, 0.2) is 45.6 Å². The topological polar surface area (TPSA) is 133 Å². The first-order valence-electron chi connectivity index (χ1n) is 14.5. The van der Waals surface area contributed by atoms with Crippen molar-refractivity contribution >= 4 is 39.8 Å². The zero-order valence-electron chi connectivity index (χ0n) is 26.4. The van der Waals surface area contributed by atoms with Gasteiger partial charge in [-0.05, 0) is 61.2 Å². The maximum absolute atomic E-state index is 13.9. The number of fused-ring (bicyclic) bond motifs is 7. The van der Waals surface area contributed by atoms with Crippen molar-refractivity contribution in [2.24, 2.45) is 0 Å². The van der Waals surface area contributed by atoms with Crippen LogP contribution in [-0.2, 0) is 27.3 Å². The monoisotopic (exact) mass is 625 g/mol. The number of nitrogens with zero attached hydrogens (tertiary/aromatic N) is 1. The molecular weight excluding hydrogens is 594 g/mol. The van der Waals surface area contributed by atoms with E-state index in [-0.39, 0.29) is 22.8 Å². The normalized spacial score (nSPS) is 12.0. The Morgan fingerprint density at radius 2 is 1.46 bits per heavy atom. The molecule has 0 amide bonds. The third kappa shape index (κ3) is 4.93. The molecule has 0 spiro atoms. The van der Waals surface area contributed by atoms with Crippen LogP contribution in [0.2, 0.25) is 0 Å². The number of rotatable bonds is 6. The number of aromatic nitrogens is 1. The standard InChI is InChI=1S/C35H31NO10/c1-16-12-21(8-9-25(16)43-18(3)37)29-30-24-13-17(2)26(44-19(4)38)15-27(24)46-35(40)32(30)36-11-10-22-23(31(29)36)14-28(41-6)34(42-7)33(22)45-20(5)39/h8-9,12-15H,10-11H2,1-7H3. The molecule has 0 aliphatic carbocycles. The van der Waals surface area contributed by atoms with E-state index in [1.807, 2.05) is 35.8 Å². The molecule has 3 aromatic carbocycles. The molecule has 0 unspecified atom stereocenters. The molecule has 3 heterocycles. The number of benzene rings is 3. The molecule has 11 nitrogen and oxygen atoms in total. The van der Waals surface area contributed by atoms with Gasteiger partial charge in [0, 0.05) is 60.8 Å². The second kappa shape index (κ2) is 11.4. The van der Waals surface area contributed by atoms with Crippen LogP contribution >= 0.6 is 0 Å². The highest BCUT2D eigenvalue weighted by molar-refractivity contribution is 6.17. The third-order valence-corrected chi connectivity index (χ3v) is 7.99. The predicted molar refractivity (Wildman–Crippen MR) is 169 cm³/mol. The fraction of sp³-hybridized carbons (Fsp3) is 0.257. The van der Waals surface area contributed by atoms with Gasteiger partial charge in [-0.1, -0.05) is 6.07 Å². The van der Waals surface area contributed by atoms with Gasteiger partial charge in [-0.15, -0.1) is 0 Å². The highest BCUT2D eigenvalue weighted by Crippen LogP contribution is 2.52. The average Bonchev–Trinajstić information content (AvgIpc) is 3.34. The lowest BCUT2D eigenvalue weighted by Crippen LogP contribution is -2.17. The summed E-state index contributed by atoms with van der Waals surface area (Å²) in [5.74, 6) is 0.0723. The Hall–Kier alpha value is -5.58. The maximum atomic E-state index is 13.9. The van der Waals surface area contributed by atoms with Gasteiger partial charge in [-0.2, -0.15) is 0 Å². The molecule has 0 saturated heterocycles. The second-order valence-electron chi connectivity index (χ2n) is 11.1. The highest BCUT2D eigenvalue weighted by Gasteiger charge is 2.33. The molecule has 1 aliphatic rings. The molecule has 46 heavy (non-hydrogen) atoms. The molecule has 2 aromatic heterocycles. The molecule has 0 atom stereocenters. The van der Waals surface area contributed by atoms with E-state index in [2.05, 4.69) is 0 Å². The first kappa shape index (κ1) is 30.4. The smallest absolute Gasteiger partial charge is 0.361 e. The zero-order valence-corrected chi connectivity index (χ0v) is 26.4. The van der Waals surface area contributed by atoms with E-state index in [9.17, 15) is 19.2 Å². The summed E-state index contributed by atoms with van der Waals surface area (Å²) in [6.07, 6.45) is 0.404. The van der Waals surface area contributed by atoms with Crippen molar-refractivity contribution in [2.45, 2.75) is 47.6 Å². The lowest BCUT2D eigenvalue weighted by atomic mass is 9.90. The van der Waals surface area contributed by atoms with Gasteiger partial charge >= 0.3 is 23.5 Å². The summed E-state index contributed by atoms with van der Waals surface area (Å²) in [5, 5.41) is 1.25. The van der Waals surface area contributed by atoms with Crippen molar-refractivity contribution in [1.82, 2.24) is 4.57 Å². The van der Waals surface area contributed by atoms with Crippen molar-refractivity contribution in [3.05, 3.63) is 63.5 Å². The number of aryl methyl sites for hydroxylation is 3. The number of hydrogen-bond acceptors (Lipinski definition) is 10. The Bertz CT molecular complexity index is 2190. The van der Waals surface area contributed by atoms with Crippen LogP contribution in [0.3, 0.4) is 0 Å². The Balaban J connectivity index is 1.79. The summed E-state index contributed by atoms with van der Waals surface area (Å²) in [6, 6.07) is 10.6. The van der Waals surface area contributed by atoms with Crippen molar-refractivity contribution in [3.63, 3.8) is 0 Å². The summed E-state index contributed by atoms with van der Waals surface area (Å²) in [5.41, 5.74) is 4.86. The molecule has 0 N–H and O–H groups in total. The Morgan fingerprint density at radius 3 is 2.09 bits per heavy atom. The molecule has 0 radical (unpaired) electrons. The van der Waals surface area contributed by atoms with Crippen LogP contribution in [0.25, 0.3) is 44.3 Å². The SMILES string of the molecule is COc1cc2c(c(OC(C)=O)c1OC)CCn1c-2c(-c2ccc(OC(C)=O)c(C)c2)c2c3cc(C)c(OC(C)=O)cc3oc(=O)c21. The first-order chi connectivity index (χ1) is 21.9. The summed E-state index contributed by atoms with van der Waals surface area (Å²) >= 11 is 0. The fourth-order valence-corrected chi connectivity index (χ4v) is 6.25. The summed E-state index contributed by atoms with van der Waals surface area (Å²) < 4.78 is 35.6. The number of esters is 3. The molecule has 11 heteroatoms. The zero-order chi connectivity index (χ0) is 33.0. The quantitative estimate of drug-likeness (QED) is 0.125. The lowest BCUT2D eigenvalue weighted by molar-refractivity contribution is -0.133. The van der Waals surface area contributed by atoms with E-state index in [0.717, 1.165) is 5.56 Å². The predicted octanol–water partition coefficient (Wildman–Crippen LogP) is 6.05. The van der Waals surface area contributed by atoms with Crippen LogP contribution < -0.4 is 29.3 Å². The van der Waals surface area contributed by atoms with Crippen LogP contribution in [0.5, 0.6) is 28.7 Å². The minimum atomic E-state index is -0.579. The Labute approximate surface area is 263 Å². The van der Waals surface area contributed by atoms with Gasteiger partial charge < -0.3 is 32.7 Å². The van der Waals surface area contributed by atoms with Gasteiger partial charge in [0.1, 0.15) is 22.6 Å². The van der Waals surface area contributed by atoms with Crippen molar-refractivity contribution in [1.29, 1.82) is 0 Å². The molecule has 5 aromatic rings. The minimum absolute atomic E-state index is 0.241. The van der Waals surface area contributed by atoms with Gasteiger partial charge in [0.2, 0.25) is 5.75 Å². The number of carbonyl (C=O) groups excluding carboxylic acids is 3. The molecular formula is C35H31NO10. The minimum Gasteiger partial charge on any atom is -0.493 e. The van der Waals surface area contributed by atoms with E-state index < -0.39 is 23.5 Å². The molecule has 0 saturated carbocycles. The second-order valence-corrected chi connectivity index (χ2v) is 11.1. The fourth-order valence-electron chi connectivity index (χ4n) is 6.25. The van der Waals surface area contributed by atoms with Gasteiger partial charge in [0.05, 0.1) is 19.9 Å². The summed E-state index contributed by atoms with van der Waals surface area (Å²) in [4.78, 5) is 49.7. The van der Waals surface area contributed by atoms with Crippen molar-refractivity contribution < 1.29 is 42.5 Å². The lowest BCUT2D eigenvalue weighted by Gasteiger charge is -2.25. The van der Waals surface area contributed by atoms with Gasteiger partial charge in [-0.3, -0.25) is 14.4 Å². The number of carbonyl (C=O) groups is 3. The van der Waals surface area contributed by atoms with E-state index in [4.69, 9.17) is 28.1 Å². The van der Waals surface area contributed by atoms with Gasteiger partial charge in [-0.25, -0.2) is 4.79 Å². The summed E-state index contributed by atoms with van der Waals surface area (Å²) in [7, 11) is 2.96. The third-order valence-electron chi connectivity index (χ3n) is 7.99. The molecule has 1 aliphatic heterocycles. The van der Waals surface area contributed by atoms with Crippen molar-refractivity contribution in [3.8, 4) is 51.1 Å². The molecule has 0 bridgehead atoms. The van der Waals surface area contributed by atoms with Crippen molar-refractivity contribution in [2.75, 3.05) is 14.2 Å². The van der Waals surface area contributed by atoms with E-state index >= 15 is 0 Å². The number of hydrogen-bond donors (Lipinski definition) is 0. The largest absolute Gasteiger partial charge is 0.493 e. The maximum Gasteiger partial charge on any atom is 0.361 e. The average molecular weight is 626 g/mol. The molecule has 0 fully saturated rings. The van der Waals surface area contributed by atoms with E-state index in [0.29, 0.717) is 74.3 Å². The van der Waals surface area contributed by atoms with Crippen LogP contribution in [0.1, 0.15) is 37.5 Å². The molecule has 6 rings (SSSR count). The van der Waals surface area contributed by atoms with Gasteiger partial charge in [0.15, 0.2) is 11.5 Å². The number of methoxy groups -OCH3 is 2. The van der Waals surface area contributed by atoms with Gasteiger partial charge in [0.25, 0.3) is 0 Å². The van der Waals surface area contributed by atoms with Crippen LogP contribution in [0.4, 0.5) is 0 Å². The Kier molecular flexibility index (Phi) is 7.55. The summed E-state index contributed by atoms with van der Waals surface area (Å²) in [6.45, 7) is 7.94. The van der Waals surface area contributed by atoms with Crippen LogP contribution in [0, 0.1) is 13.8 Å². The van der Waals surface area contributed by atoms with E-state index in [1.165, 1.54) is 35.0 Å². The highest BCUT2D eigenvalue weighted by atomic mass is 16.6. The van der Waals surface area contributed by atoms with Crippen LogP contribution in [-0.4, -0.2) is 36.7 Å². The number of ether oxygens (including phenoxy) is 5. The van der Waals surface area contributed by atoms with E-state index in [1.54, 1.807) is 19.1 Å². The molecule has 236 valence electrons.